The van der Waals surface area contributed by atoms with Crippen molar-refractivity contribution < 1.29 is 0 Å². The number of rotatable bonds is 4. The van der Waals surface area contributed by atoms with Gasteiger partial charge in [0.05, 0.1) is 21.4 Å². The lowest BCUT2D eigenvalue weighted by Gasteiger charge is -2.27. The lowest BCUT2D eigenvalue weighted by Crippen LogP contribution is -2.21. The number of benzene rings is 6. The summed E-state index contributed by atoms with van der Waals surface area (Å²) in [4.78, 5) is 5.29. The SMILES string of the molecule is C1=CC(C2=NC(c3ccc(-n4c5ccc(-c6ccccc6)cc5c5ccc6c7ccccc7sc6c54)cc3)Nc3ccccc32)=CCC1. The smallest absolute Gasteiger partial charge is 0.145 e. The summed E-state index contributed by atoms with van der Waals surface area (Å²) in [6.07, 6.45) is 8.78. The first-order valence-corrected chi connectivity index (χ1v) is 17.5. The topological polar surface area (TPSA) is 29.3 Å². The van der Waals surface area contributed by atoms with Gasteiger partial charge < -0.3 is 9.88 Å². The van der Waals surface area contributed by atoms with Gasteiger partial charge in [0, 0.05) is 43.2 Å². The summed E-state index contributed by atoms with van der Waals surface area (Å²) in [7, 11) is 0. The van der Waals surface area contributed by atoms with Gasteiger partial charge in [0.25, 0.3) is 0 Å². The maximum Gasteiger partial charge on any atom is 0.145 e. The van der Waals surface area contributed by atoms with E-state index >= 15 is 0 Å². The number of hydrogen-bond donors (Lipinski definition) is 1. The van der Waals surface area contributed by atoms with E-state index in [9.17, 15) is 0 Å². The quantitative estimate of drug-likeness (QED) is 0.205. The molecule has 1 aliphatic carbocycles. The first kappa shape index (κ1) is 27.4. The summed E-state index contributed by atoms with van der Waals surface area (Å²) in [6, 6.07) is 48.6. The maximum absolute atomic E-state index is 5.29. The van der Waals surface area contributed by atoms with Gasteiger partial charge >= 0.3 is 0 Å². The van der Waals surface area contributed by atoms with Crippen molar-refractivity contribution in [2.24, 2.45) is 4.99 Å². The lowest BCUT2D eigenvalue weighted by molar-refractivity contribution is 0.827. The predicted molar refractivity (Wildman–Crippen MR) is 205 cm³/mol. The predicted octanol–water partition coefficient (Wildman–Crippen LogP) is 12.0. The van der Waals surface area contributed by atoms with E-state index in [-0.39, 0.29) is 6.17 Å². The zero-order valence-electron chi connectivity index (χ0n) is 26.2. The number of allylic oxidation sites excluding steroid dienone is 4. The number of anilines is 1. The second kappa shape index (κ2) is 10.9. The van der Waals surface area contributed by atoms with Crippen molar-refractivity contribution in [1.29, 1.82) is 0 Å². The highest BCUT2D eigenvalue weighted by Crippen LogP contribution is 2.44. The Bertz CT molecular complexity index is 2630. The molecule has 48 heavy (non-hydrogen) atoms. The first-order chi connectivity index (χ1) is 23.8. The second-order valence-corrected chi connectivity index (χ2v) is 13.7. The van der Waals surface area contributed by atoms with Crippen molar-refractivity contribution in [2.75, 3.05) is 5.32 Å². The molecule has 0 bridgehead atoms. The highest BCUT2D eigenvalue weighted by atomic mass is 32.1. The summed E-state index contributed by atoms with van der Waals surface area (Å²) in [5, 5.41) is 8.88. The molecule has 6 aromatic carbocycles. The molecule has 8 aromatic rings. The lowest BCUT2D eigenvalue weighted by atomic mass is 9.94. The Hall–Kier alpha value is -5.71. The number of hydrogen-bond acceptors (Lipinski definition) is 3. The van der Waals surface area contributed by atoms with Crippen LogP contribution in [-0.4, -0.2) is 10.3 Å². The molecule has 3 heterocycles. The van der Waals surface area contributed by atoms with Gasteiger partial charge in [-0.1, -0.05) is 115 Å². The Morgan fingerprint density at radius 3 is 2.35 bits per heavy atom. The van der Waals surface area contributed by atoms with Crippen LogP contribution in [-0.2, 0) is 0 Å². The fourth-order valence-electron chi connectivity index (χ4n) is 7.54. The van der Waals surface area contributed by atoms with Gasteiger partial charge in [-0.3, -0.25) is 4.99 Å². The van der Waals surface area contributed by atoms with Crippen LogP contribution in [0.2, 0.25) is 0 Å². The summed E-state index contributed by atoms with van der Waals surface area (Å²) in [5.41, 5.74) is 11.8. The molecule has 1 atom stereocenters. The number of thiophene rings is 1. The molecule has 1 aliphatic heterocycles. The van der Waals surface area contributed by atoms with Crippen LogP contribution in [0.1, 0.15) is 30.1 Å². The number of aliphatic imine (C=N–C) groups is 1. The van der Waals surface area contributed by atoms with E-state index in [1.165, 1.54) is 58.7 Å². The molecule has 10 rings (SSSR count). The second-order valence-electron chi connectivity index (χ2n) is 12.7. The van der Waals surface area contributed by atoms with Gasteiger partial charge in [-0.25, -0.2) is 0 Å². The Kier molecular flexibility index (Phi) is 6.24. The molecule has 3 nitrogen and oxygen atoms in total. The minimum Gasteiger partial charge on any atom is -0.360 e. The molecule has 0 radical (unpaired) electrons. The molecule has 2 aromatic heterocycles. The average Bonchev–Trinajstić information content (AvgIpc) is 3.71. The monoisotopic (exact) mass is 633 g/mol. The molecule has 0 saturated carbocycles. The third-order valence-electron chi connectivity index (χ3n) is 9.85. The molecular formula is C44H31N3S. The Morgan fingerprint density at radius 2 is 1.48 bits per heavy atom. The molecule has 1 unspecified atom stereocenters. The van der Waals surface area contributed by atoms with Crippen molar-refractivity contribution in [2.45, 2.75) is 19.0 Å². The summed E-state index contributed by atoms with van der Waals surface area (Å²) in [5.74, 6) is 0. The minimum absolute atomic E-state index is 0.166. The molecule has 0 spiro atoms. The molecule has 0 fully saturated rings. The van der Waals surface area contributed by atoms with Crippen LogP contribution in [0.25, 0.3) is 58.8 Å². The van der Waals surface area contributed by atoms with E-state index in [1.807, 2.05) is 11.3 Å². The number of fused-ring (bicyclic) bond motifs is 8. The van der Waals surface area contributed by atoms with E-state index in [4.69, 9.17) is 4.99 Å². The third kappa shape index (κ3) is 4.30. The highest BCUT2D eigenvalue weighted by Gasteiger charge is 2.24. The van der Waals surface area contributed by atoms with Crippen LogP contribution in [0.15, 0.2) is 162 Å². The maximum atomic E-state index is 5.29. The van der Waals surface area contributed by atoms with E-state index in [2.05, 4.69) is 162 Å². The van der Waals surface area contributed by atoms with Gasteiger partial charge in [0.15, 0.2) is 0 Å². The number of para-hydroxylation sites is 1. The van der Waals surface area contributed by atoms with Crippen molar-refractivity contribution in [3.05, 3.63) is 168 Å². The van der Waals surface area contributed by atoms with Gasteiger partial charge in [-0.2, -0.15) is 0 Å². The Balaban J connectivity index is 1.15. The van der Waals surface area contributed by atoms with Gasteiger partial charge in [-0.15, -0.1) is 11.3 Å². The van der Waals surface area contributed by atoms with E-state index in [0.717, 1.165) is 41.1 Å². The molecule has 4 heteroatoms. The fourth-order valence-corrected chi connectivity index (χ4v) is 8.78. The van der Waals surface area contributed by atoms with Crippen molar-refractivity contribution in [3.8, 4) is 16.8 Å². The number of nitrogens with one attached hydrogen (secondary N) is 1. The normalized spacial score (nSPS) is 15.9. The summed E-state index contributed by atoms with van der Waals surface area (Å²) < 4.78 is 5.11. The van der Waals surface area contributed by atoms with E-state index in [1.54, 1.807) is 0 Å². The zero-order valence-corrected chi connectivity index (χ0v) is 27.0. The van der Waals surface area contributed by atoms with Crippen LogP contribution in [0, 0.1) is 0 Å². The van der Waals surface area contributed by atoms with Crippen LogP contribution in [0.3, 0.4) is 0 Å². The van der Waals surface area contributed by atoms with Gasteiger partial charge in [0.1, 0.15) is 6.17 Å². The summed E-state index contributed by atoms with van der Waals surface area (Å²) >= 11 is 1.89. The van der Waals surface area contributed by atoms with E-state index < -0.39 is 0 Å². The third-order valence-corrected chi connectivity index (χ3v) is 11.0. The molecule has 0 amide bonds. The number of nitrogens with zero attached hydrogens (tertiary/aromatic N) is 2. The first-order valence-electron chi connectivity index (χ1n) is 16.7. The molecular weight excluding hydrogens is 603 g/mol. The zero-order chi connectivity index (χ0) is 31.6. The number of aromatic nitrogens is 1. The largest absolute Gasteiger partial charge is 0.360 e. The van der Waals surface area contributed by atoms with Crippen LogP contribution in [0.4, 0.5) is 5.69 Å². The Morgan fingerprint density at radius 1 is 0.667 bits per heavy atom. The van der Waals surface area contributed by atoms with Crippen LogP contribution < -0.4 is 5.32 Å². The molecule has 228 valence electrons. The van der Waals surface area contributed by atoms with Crippen molar-refractivity contribution in [3.63, 3.8) is 0 Å². The fraction of sp³-hybridized carbons (Fsp3) is 0.0682. The van der Waals surface area contributed by atoms with Crippen molar-refractivity contribution in [1.82, 2.24) is 4.57 Å². The van der Waals surface area contributed by atoms with Gasteiger partial charge in [-0.05, 0) is 71.5 Å². The standard InChI is InChI=1S/C44H31N3S/c1-3-11-28(12-4-1)31-21-26-39-37(27-31)34-24-25-35-33-15-8-10-18-40(33)48-43(35)42(34)47(39)32-22-19-30(20-23-32)44-45-38-17-9-7-16-36(38)41(46-44)29-13-5-2-6-14-29/h1,3-5,7-27,44-45H,2,6H2. The average molecular weight is 634 g/mol. The minimum atomic E-state index is -0.166. The van der Waals surface area contributed by atoms with Crippen LogP contribution >= 0.6 is 11.3 Å². The summed E-state index contributed by atoms with van der Waals surface area (Å²) in [6.45, 7) is 0. The highest BCUT2D eigenvalue weighted by molar-refractivity contribution is 7.26. The van der Waals surface area contributed by atoms with E-state index in [0.29, 0.717) is 0 Å². The molecule has 0 saturated heterocycles. The van der Waals surface area contributed by atoms with Crippen molar-refractivity contribution >= 4 is 64.7 Å². The van der Waals surface area contributed by atoms with Gasteiger partial charge in [0.2, 0.25) is 0 Å². The molecule has 1 N–H and O–H groups in total. The van der Waals surface area contributed by atoms with Crippen LogP contribution in [0.5, 0.6) is 0 Å². The Labute approximate surface area is 282 Å². The molecule has 2 aliphatic rings.